The van der Waals surface area contributed by atoms with Crippen LogP contribution >= 0.6 is 0 Å². The predicted molar refractivity (Wildman–Crippen MR) is 85.5 cm³/mol. The highest BCUT2D eigenvalue weighted by atomic mass is 16.5. The quantitative estimate of drug-likeness (QED) is 0.829. The Morgan fingerprint density at radius 3 is 2.77 bits per heavy atom. The minimum absolute atomic E-state index is 0.377. The molecule has 0 bridgehead atoms. The molecule has 1 aliphatic heterocycles. The molecule has 0 radical (unpaired) electrons. The molecule has 0 unspecified atom stereocenters. The van der Waals surface area contributed by atoms with Crippen molar-refractivity contribution in [3.8, 4) is 11.8 Å². The van der Waals surface area contributed by atoms with Crippen LogP contribution in [0.15, 0.2) is 24.4 Å². The van der Waals surface area contributed by atoms with Crippen molar-refractivity contribution in [1.29, 1.82) is 0 Å². The molecule has 0 spiro atoms. The number of ether oxygens (including phenoxy) is 2. The number of piperazine rings is 1. The van der Waals surface area contributed by atoms with Crippen molar-refractivity contribution in [1.82, 2.24) is 19.8 Å². The van der Waals surface area contributed by atoms with Gasteiger partial charge in [-0.1, -0.05) is 0 Å². The number of hydrogen-bond acceptors (Lipinski definition) is 6. The highest BCUT2D eigenvalue weighted by Crippen LogP contribution is 2.20. The van der Waals surface area contributed by atoms with Gasteiger partial charge in [-0.3, -0.25) is 4.90 Å². The summed E-state index contributed by atoms with van der Waals surface area (Å²) in [6.07, 6.45) is 1.76. The van der Waals surface area contributed by atoms with Crippen LogP contribution < -0.4 is 9.47 Å². The Hall–Kier alpha value is -1.92. The summed E-state index contributed by atoms with van der Waals surface area (Å²) in [6, 6.07) is 6.24. The first-order valence-corrected chi connectivity index (χ1v) is 7.59. The van der Waals surface area contributed by atoms with Gasteiger partial charge in [0, 0.05) is 50.4 Å². The lowest BCUT2D eigenvalue weighted by Gasteiger charge is -2.32. The van der Waals surface area contributed by atoms with E-state index in [2.05, 4.69) is 26.8 Å². The molecule has 1 aromatic heterocycles. The topological polar surface area (TPSA) is 50.7 Å². The zero-order valence-corrected chi connectivity index (χ0v) is 13.2. The van der Waals surface area contributed by atoms with Crippen LogP contribution in [0.2, 0.25) is 0 Å². The molecule has 0 atom stereocenters. The average molecular weight is 302 g/mol. The third-order valence-electron chi connectivity index (χ3n) is 3.99. The summed E-state index contributed by atoms with van der Waals surface area (Å²) in [7, 11) is 3.73. The van der Waals surface area contributed by atoms with E-state index in [1.807, 2.05) is 18.2 Å². The van der Waals surface area contributed by atoms with Crippen molar-refractivity contribution < 1.29 is 9.47 Å². The van der Waals surface area contributed by atoms with Gasteiger partial charge in [0.2, 0.25) is 0 Å². The van der Waals surface area contributed by atoms with E-state index in [0.29, 0.717) is 12.6 Å². The molecule has 2 aromatic rings. The molecule has 118 valence electrons. The zero-order valence-electron chi connectivity index (χ0n) is 13.2. The first kappa shape index (κ1) is 15.0. The van der Waals surface area contributed by atoms with Crippen LogP contribution in [0.5, 0.6) is 11.8 Å². The van der Waals surface area contributed by atoms with E-state index < -0.39 is 0 Å². The van der Waals surface area contributed by atoms with Crippen LogP contribution in [0.1, 0.15) is 0 Å². The van der Waals surface area contributed by atoms with Crippen LogP contribution in [-0.2, 0) is 0 Å². The molecular formula is C16H22N4O2. The summed E-state index contributed by atoms with van der Waals surface area (Å²) in [5.41, 5.74) is 0.837. The van der Waals surface area contributed by atoms with Crippen molar-refractivity contribution in [2.24, 2.45) is 0 Å². The largest absolute Gasteiger partial charge is 0.492 e. The molecule has 1 aliphatic rings. The lowest BCUT2D eigenvalue weighted by Crippen LogP contribution is -2.45. The highest BCUT2D eigenvalue weighted by Gasteiger charge is 2.13. The van der Waals surface area contributed by atoms with E-state index >= 15 is 0 Å². The van der Waals surface area contributed by atoms with Crippen molar-refractivity contribution in [2.45, 2.75) is 0 Å². The van der Waals surface area contributed by atoms with Gasteiger partial charge in [-0.25, -0.2) is 4.98 Å². The number of benzene rings is 1. The Balaban J connectivity index is 1.57. The van der Waals surface area contributed by atoms with Gasteiger partial charge in [0.15, 0.2) is 0 Å². The summed E-state index contributed by atoms with van der Waals surface area (Å²) < 4.78 is 10.9. The van der Waals surface area contributed by atoms with Crippen molar-refractivity contribution in [2.75, 3.05) is 53.5 Å². The van der Waals surface area contributed by atoms with Crippen LogP contribution in [0, 0.1) is 0 Å². The Kier molecular flexibility index (Phi) is 4.70. The summed E-state index contributed by atoms with van der Waals surface area (Å²) in [5.74, 6) is 0.836. The second-order valence-electron chi connectivity index (χ2n) is 5.57. The predicted octanol–water partition coefficient (Wildman–Crippen LogP) is 1.26. The second-order valence-corrected chi connectivity index (χ2v) is 5.57. The molecule has 2 heterocycles. The van der Waals surface area contributed by atoms with Gasteiger partial charge in [0.25, 0.3) is 0 Å². The molecular weight excluding hydrogens is 280 g/mol. The Labute approximate surface area is 130 Å². The van der Waals surface area contributed by atoms with Gasteiger partial charge in [0.1, 0.15) is 12.4 Å². The minimum Gasteiger partial charge on any atom is -0.492 e. The Morgan fingerprint density at radius 2 is 2.00 bits per heavy atom. The summed E-state index contributed by atoms with van der Waals surface area (Å²) >= 11 is 0. The van der Waals surface area contributed by atoms with Crippen LogP contribution in [-0.4, -0.2) is 73.3 Å². The molecule has 6 heteroatoms. The monoisotopic (exact) mass is 302 g/mol. The molecule has 0 saturated carbocycles. The first-order valence-electron chi connectivity index (χ1n) is 7.59. The lowest BCUT2D eigenvalue weighted by molar-refractivity contribution is 0.134. The maximum Gasteiger partial charge on any atom is 0.316 e. The molecule has 0 aliphatic carbocycles. The third-order valence-corrected chi connectivity index (χ3v) is 3.99. The maximum absolute atomic E-state index is 5.86. The van der Waals surface area contributed by atoms with E-state index in [0.717, 1.165) is 49.4 Å². The molecule has 0 amide bonds. The molecule has 3 rings (SSSR count). The van der Waals surface area contributed by atoms with Crippen LogP contribution in [0.3, 0.4) is 0 Å². The number of aromatic nitrogens is 2. The smallest absolute Gasteiger partial charge is 0.316 e. The van der Waals surface area contributed by atoms with Gasteiger partial charge in [-0.2, -0.15) is 4.98 Å². The normalized spacial score (nSPS) is 16.8. The lowest BCUT2D eigenvalue weighted by atomic mass is 10.2. The standard InChI is InChI=1S/C16H22N4O2/c1-19-5-7-20(8-6-19)9-10-22-14-4-3-13-12-17-16(21-2)18-15(13)11-14/h3-4,11-12H,5-10H2,1-2H3. The van der Waals surface area contributed by atoms with Crippen LogP contribution in [0.4, 0.5) is 0 Å². The second kappa shape index (κ2) is 6.89. The number of likely N-dealkylation sites (N-methyl/N-ethyl adjacent to an activating group) is 1. The van der Waals surface area contributed by atoms with Gasteiger partial charge in [-0.15, -0.1) is 0 Å². The van der Waals surface area contributed by atoms with Crippen molar-refractivity contribution in [3.63, 3.8) is 0 Å². The number of rotatable bonds is 5. The van der Waals surface area contributed by atoms with E-state index in [4.69, 9.17) is 9.47 Å². The number of fused-ring (bicyclic) bond motifs is 1. The van der Waals surface area contributed by atoms with Gasteiger partial charge >= 0.3 is 6.01 Å². The van der Waals surface area contributed by atoms with Gasteiger partial charge in [-0.05, 0) is 19.2 Å². The van der Waals surface area contributed by atoms with Gasteiger partial charge in [0.05, 0.1) is 12.6 Å². The molecule has 22 heavy (non-hydrogen) atoms. The summed E-state index contributed by atoms with van der Waals surface area (Å²) in [6.45, 7) is 6.14. The molecule has 6 nitrogen and oxygen atoms in total. The molecule has 1 aromatic carbocycles. The van der Waals surface area contributed by atoms with E-state index in [-0.39, 0.29) is 0 Å². The fraction of sp³-hybridized carbons (Fsp3) is 0.500. The summed E-state index contributed by atoms with van der Waals surface area (Å²) in [4.78, 5) is 13.2. The first-order chi connectivity index (χ1) is 10.7. The van der Waals surface area contributed by atoms with Gasteiger partial charge < -0.3 is 14.4 Å². The highest BCUT2D eigenvalue weighted by molar-refractivity contribution is 5.79. The van der Waals surface area contributed by atoms with Crippen molar-refractivity contribution in [3.05, 3.63) is 24.4 Å². The molecule has 1 saturated heterocycles. The Bertz CT molecular complexity index is 627. The number of nitrogens with zero attached hydrogens (tertiary/aromatic N) is 4. The van der Waals surface area contributed by atoms with E-state index in [1.54, 1.807) is 13.3 Å². The van der Waals surface area contributed by atoms with E-state index in [9.17, 15) is 0 Å². The summed E-state index contributed by atoms with van der Waals surface area (Å²) in [5, 5.41) is 0.979. The SMILES string of the molecule is COc1ncc2ccc(OCCN3CCN(C)CC3)cc2n1. The number of hydrogen-bond donors (Lipinski definition) is 0. The minimum atomic E-state index is 0.377. The maximum atomic E-state index is 5.86. The number of methoxy groups -OCH3 is 1. The van der Waals surface area contributed by atoms with Crippen LogP contribution in [0.25, 0.3) is 10.9 Å². The van der Waals surface area contributed by atoms with E-state index in [1.165, 1.54) is 0 Å². The zero-order chi connectivity index (χ0) is 15.4. The molecule has 1 fully saturated rings. The molecule has 0 N–H and O–H groups in total. The Morgan fingerprint density at radius 1 is 1.18 bits per heavy atom. The average Bonchev–Trinajstić information content (AvgIpc) is 2.56. The third kappa shape index (κ3) is 3.64. The fourth-order valence-corrected chi connectivity index (χ4v) is 2.54. The van der Waals surface area contributed by atoms with Crippen molar-refractivity contribution >= 4 is 10.9 Å². The fourth-order valence-electron chi connectivity index (χ4n) is 2.54.